The molecule has 23 heavy (non-hydrogen) atoms. The molecule has 0 spiro atoms. The summed E-state index contributed by atoms with van der Waals surface area (Å²) in [6, 6.07) is 8.58. The van der Waals surface area contributed by atoms with Crippen LogP contribution in [0.5, 0.6) is 0 Å². The number of benzene rings is 1. The van der Waals surface area contributed by atoms with E-state index in [0.29, 0.717) is 17.7 Å². The fourth-order valence-corrected chi connectivity index (χ4v) is 2.16. The van der Waals surface area contributed by atoms with Crippen molar-refractivity contribution in [2.24, 2.45) is 0 Å². The zero-order valence-corrected chi connectivity index (χ0v) is 13.0. The predicted molar refractivity (Wildman–Crippen MR) is 82.5 cm³/mol. The molecule has 0 saturated heterocycles. The molecular formula is C17H18FNO4. The summed E-state index contributed by atoms with van der Waals surface area (Å²) in [7, 11) is 0. The minimum absolute atomic E-state index is 0.0610. The van der Waals surface area contributed by atoms with E-state index in [-0.39, 0.29) is 24.2 Å². The number of hydrogen-bond acceptors (Lipinski definition) is 3. The summed E-state index contributed by atoms with van der Waals surface area (Å²) in [5.74, 6) is -1.43. The highest BCUT2D eigenvalue weighted by Gasteiger charge is 2.25. The summed E-state index contributed by atoms with van der Waals surface area (Å²) < 4.78 is 18.5. The predicted octanol–water partition coefficient (Wildman–Crippen LogP) is 3.41. The third-order valence-corrected chi connectivity index (χ3v) is 3.63. The normalized spacial score (nSPS) is 12.0. The molecule has 6 heteroatoms. The lowest BCUT2D eigenvalue weighted by molar-refractivity contribution is -0.138. The molecule has 1 N–H and O–H groups in total. The summed E-state index contributed by atoms with van der Waals surface area (Å²) in [5, 5.41) is 8.97. The highest BCUT2D eigenvalue weighted by atomic mass is 19.1. The van der Waals surface area contributed by atoms with Gasteiger partial charge in [-0.2, -0.15) is 0 Å². The fraction of sp³-hybridized carbons (Fsp3) is 0.294. The first-order valence-electron chi connectivity index (χ1n) is 7.31. The van der Waals surface area contributed by atoms with Gasteiger partial charge in [-0.25, -0.2) is 4.39 Å². The van der Waals surface area contributed by atoms with Crippen LogP contribution in [0.25, 0.3) is 11.3 Å². The summed E-state index contributed by atoms with van der Waals surface area (Å²) in [4.78, 5) is 24.7. The Bertz CT molecular complexity index is 693. The zero-order valence-electron chi connectivity index (χ0n) is 13.0. The van der Waals surface area contributed by atoms with Crippen molar-refractivity contribution in [3.05, 3.63) is 48.0 Å². The number of amides is 1. The van der Waals surface area contributed by atoms with Crippen molar-refractivity contribution in [2.45, 2.75) is 26.3 Å². The molecule has 1 aromatic carbocycles. The number of carbonyl (C=O) groups is 2. The number of furan rings is 1. The maximum absolute atomic E-state index is 12.9. The largest absolute Gasteiger partial charge is 0.480 e. The van der Waals surface area contributed by atoms with Crippen molar-refractivity contribution in [2.75, 3.05) is 6.54 Å². The van der Waals surface area contributed by atoms with E-state index in [1.54, 1.807) is 25.1 Å². The van der Waals surface area contributed by atoms with Crippen LogP contribution in [0.2, 0.25) is 0 Å². The van der Waals surface area contributed by atoms with Gasteiger partial charge in [0.15, 0.2) is 5.76 Å². The third kappa shape index (κ3) is 3.97. The van der Waals surface area contributed by atoms with Gasteiger partial charge in [-0.05, 0) is 49.7 Å². The lowest BCUT2D eigenvalue weighted by atomic mass is 10.2. The molecule has 0 aliphatic rings. The van der Waals surface area contributed by atoms with Gasteiger partial charge < -0.3 is 14.4 Å². The van der Waals surface area contributed by atoms with Gasteiger partial charge in [0.05, 0.1) is 0 Å². The van der Waals surface area contributed by atoms with Gasteiger partial charge in [0, 0.05) is 11.6 Å². The van der Waals surface area contributed by atoms with E-state index in [1.807, 2.05) is 6.92 Å². The van der Waals surface area contributed by atoms with Crippen LogP contribution in [0.1, 0.15) is 30.8 Å². The number of carboxylic acids is 1. The van der Waals surface area contributed by atoms with Gasteiger partial charge in [-0.15, -0.1) is 0 Å². The van der Waals surface area contributed by atoms with E-state index in [0.717, 1.165) is 0 Å². The molecule has 122 valence electrons. The Labute approximate surface area is 133 Å². The molecule has 0 radical (unpaired) electrons. The quantitative estimate of drug-likeness (QED) is 0.885. The Morgan fingerprint density at radius 3 is 2.43 bits per heavy atom. The standard InChI is InChI=1S/C17H18FNO4/c1-3-11(2)19(10-16(20)21)17(22)15-9-8-14(23-15)12-4-6-13(18)7-5-12/h4-9,11H,3,10H2,1-2H3,(H,20,21). The van der Waals surface area contributed by atoms with Crippen molar-refractivity contribution in [3.8, 4) is 11.3 Å². The van der Waals surface area contributed by atoms with Crippen LogP contribution < -0.4 is 0 Å². The Morgan fingerprint density at radius 1 is 1.22 bits per heavy atom. The maximum atomic E-state index is 12.9. The Morgan fingerprint density at radius 2 is 1.87 bits per heavy atom. The van der Waals surface area contributed by atoms with Crippen LogP contribution in [0.15, 0.2) is 40.8 Å². The van der Waals surface area contributed by atoms with Crippen molar-refractivity contribution in [1.29, 1.82) is 0 Å². The third-order valence-electron chi connectivity index (χ3n) is 3.63. The number of rotatable bonds is 6. The van der Waals surface area contributed by atoms with Gasteiger partial charge in [0.25, 0.3) is 5.91 Å². The van der Waals surface area contributed by atoms with Crippen LogP contribution in [-0.4, -0.2) is 34.5 Å². The number of carbonyl (C=O) groups excluding carboxylic acids is 1. The van der Waals surface area contributed by atoms with Crippen LogP contribution in [0, 0.1) is 5.82 Å². The average Bonchev–Trinajstić information content (AvgIpc) is 3.01. The van der Waals surface area contributed by atoms with Crippen LogP contribution >= 0.6 is 0 Å². The average molecular weight is 319 g/mol. The van der Waals surface area contributed by atoms with Gasteiger partial charge in [0.2, 0.25) is 0 Å². The second kappa shape index (κ2) is 7.09. The Balaban J connectivity index is 2.25. The number of carboxylic acid groups (broad SMARTS) is 1. The van der Waals surface area contributed by atoms with Gasteiger partial charge in [0.1, 0.15) is 18.1 Å². The molecule has 0 fully saturated rings. The summed E-state index contributed by atoms with van der Waals surface area (Å²) >= 11 is 0. The second-order valence-corrected chi connectivity index (χ2v) is 5.25. The van der Waals surface area contributed by atoms with Crippen molar-refractivity contribution < 1.29 is 23.5 Å². The Hall–Kier alpha value is -2.63. The minimum atomic E-state index is -1.08. The molecule has 1 heterocycles. The molecule has 2 aromatic rings. The van der Waals surface area contributed by atoms with E-state index in [4.69, 9.17) is 9.52 Å². The zero-order chi connectivity index (χ0) is 17.0. The molecule has 1 amide bonds. The lowest BCUT2D eigenvalue weighted by Gasteiger charge is -2.25. The Kier molecular flexibility index (Phi) is 5.16. The van der Waals surface area contributed by atoms with Gasteiger partial charge in [-0.1, -0.05) is 6.92 Å². The van der Waals surface area contributed by atoms with E-state index in [1.165, 1.54) is 23.1 Å². The molecule has 1 aromatic heterocycles. The van der Waals surface area contributed by atoms with Crippen LogP contribution in [0.4, 0.5) is 4.39 Å². The number of aliphatic carboxylic acids is 1. The smallest absolute Gasteiger partial charge is 0.323 e. The molecular weight excluding hydrogens is 301 g/mol. The monoisotopic (exact) mass is 319 g/mol. The van der Waals surface area contributed by atoms with Gasteiger partial charge in [-0.3, -0.25) is 9.59 Å². The minimum Gasteiger partial charge on any atom is -0.480 e. The molecule has 1 unspecified atom stereocenters. The van der Waals surface area contributed by atoms with Gasteiger partial charge >= 0.3 is 5.97 Å². The first-order valence-corrected chi connectivity index (χ1v) is 7.31. The maximum Gasteiger partial charge on any atom is 0.323 e. The van der Waals surface area contributed by atoms with Crippen LogP contribution in [-0.2, 0) is 4.79 Å². The van der Waals surface area contributed by atoms with Crippen molar-refractivity contribution >= 4 is 11.9 Å². The second-order valence-electron chi connectivity index (χ2n) is 5.25. The number of hydrogen-bond donors (Lipinski definition) is 1. The van der Waals surface area contributed by atoms with E-state index in [2.05, 4.69) is 0 Å². The first-order chi connectivity index (χ1) is 10.9. The van der Waals surface area contributed by atoms with Crippen LogP contribution in [0.3, 0.4) is 0 Å². The summed E-state index contributed by atoms with van der Waals surface area (Å²) in [5.41, 5.74) is 0.638. The topological polar surface area (TPSA) is 70.8 Å². The first kappa shape index (κ1) is 16.7. The molecule has 0 saturated carbocycles. The SMILES string of the molecule is CCC(C)N(CC(=O)O)C(=O)c1ccc(-c2ccc(F)cc2)o1. The van der Waals surface area contributed by atoms with Crippen molar-refractivity contribution in [3.63, 3.8) is 0 Å². The van der Waals surface area contributed by atoms with E-state index >= 15 is 0 Å². The molecule has 0 bridgehead atoms. The van der Waals surface area contributed by atoms with E-state index < -0.39 is 11.9 Å². The molecule has 0 aliphatic heterocycles. The molecule has 0 aliphatic carbocycles. The number of halogens is 1. The summed E-state index contributed by atoms with van der Waals surface area (Å²) in [6.07, 6.45) is 0.630. The van der Waals surface area contributed by atoms with Crippen molar-refractivity contribution in [1.82, 2.24) is 4.90 Å². The molecule has 2 rings (SSSR count). The lowest BCUT2D eigenvalue weighted by Crippen LogP contribution is -2.41. The highest BCUT2D eigenvalue weighted by Crippen LogP contribution is 2.23. The molecule has 5 nitrogen and oxygen atoms in total. The van der Waals surface area contributed by atoms with E-state index in [9.17, 15) is 14.0 Å². The highest BCUT2D eigenvalue weighted by molar-refractivity contribution is 5.94. The number of nitrogens with zero attached hydrogens (tertiary/aromatic N) is 1. The summed E-state index contributed by atoms with van der Waals surface area (Å²) in [6.45, 7) is 3.27. The fourth-order valence-electron chi connectivity index (χ4n) is 2.16. The molecule has 1 atom stereocenters.